The maximum atomic E-state index is 9.44. The Bertz CT molecular complexity index is 453. The summed E-state index contributed by atoms with van der Waals surface area (Å²) in [5.74, 6) is 0. The standard InChI is InChI=1S/C19H30N2O/c1-16-6-8-17(9-7-16)14-20-11-12-21(18-4-2-3-5-18)19(15-20)10-13-22/h6-9,18-19,22H,2-5,10-15H2,1H3/t19-/m0/s1. The highest BCUT2D eigenvalue weighted by Crippen LogP contribution is 2.28. The monoisotopic (exact) mass is 302 g/mol. The predicted molar refractivity (Wildman–Crippen MR) is 90.9 cm³/mol. The van der Waals surface area contributed by atoms with Crippen molar-refractivity contribution < 1.29 is 5.11 Å². The number of aliphatic hydroxyl groups excluding tert-OH is 1. The molecule has 1 N–H and O–H groups in total. The van der Waals surface area contributed by atoms with Gasteiger partial charge in [0.05, 0.1) is 0 Å². The molecule has 3 nitrogen and oxygen atoms in total. The molecule has 0 radical (unpaired) electrons. The zero-order chi connectivity index (χ0) is 15.4. The van der Waals surface area contributed by atoms with Crippen LogP contribution in [0, 0.1) is 6.92 Å². The minimum atomic E-state index is 0.312. The Kier molecular flexibility index (Phi) is 5.51. The third-order valence-corrected chi connectivity index (χ3v) is 5.40. The number of aliphatic hydroxyl groups is 1. The van der Waals surface area contributed by atoms with E-state index in [9.17, 15) is 5.11 Å². The molecule has 0 spiro atoms. The van der Waals surface area contributed by atoms with E-state index in [-0.39, 0.29) is 0 Å². The third-order valence-electron chi connectivity index (χ3n) is 5.40. The average molecular weight is 302 g/mol. The van der Waals surface area contributed by atoms with E-state index in [1.165, 1.54) is 43.4 Å². The van der Waals surface area contributed by atoms with Crippen LogP contribution in [0.3, 0.4) is 0 Å². The molecule has 0 unspecified atom stereocenters. The van der Waals surface area contributed by atoms with Crippen molar-refractivity contribution in [2.24, 2.45) is 0 Å². The Hall–Kier alpha value is -0.900. The lowest BCUT2D eigenvalue weighted by Gasteiger charge is -2.44. The molecule has 1 saturated heterocycles. The number of piperazine rings is 1. The molecular weight excluding hydrogens is 272 g/mol. The lowest BCUT2D eigenvalue weighted by atomic mass is 10.0. The molecule has 122 valence electrons. The molecule has 1 aromatic carbocycles. The van der Waals surface area contributed by atoms with Gasteiger partial charge >= 0.3 is 0 Å². The van der Waals surface area contributed by atoms with Crippen molar-refractivity contribution >= 4 is 0 Å². The number of benzene rings is 1. The van der Waals surface area contributed by atoms with E-state index in [4.69, 9.17) is 0 Å². The van der Waals surface area contributed by atoms with Gasteiger partial charge in [0.25, 0.3) is 0 Å². The highest BCUT2D eigenvalue weighted by atomic mass is 16.3. The minimum absolute atomic E-state index is 0.312. The zero-order valence-corrected chi connectivity index (χ0v) is 13.9. The first-order valence-corrected chi connectivity index (χ1v) is 8.91. The van der Waals surface area contributed by atoms with Crippen molar-refractivity contribution in [3.8, 4) is 0 Å². The molecule has 3 rings (SSSR count). The van der Waals surface area contributed by atoms with Crippen LogP contribution in [0.2, 0.25) is 0 Å². The van der Waals surface area contributed by atoms with Gasteiger partial charge in [-0.2, -0.15) is 0 Å². The van der Waals surface area contributed by atoms with Crippen LogP contribution in [0.25, 0.3) is 0 Å². The number of aryl methyl sites for hydroxylation is 1. The van der Waals surface area contributed by atoms with E-state index >= 15 is 0 Å². The average Bonchev–Trinajstić information content (AvgIpc) is 3.04. The summed E-state index contributed by atoms with van der Waals surface area (Å²) < 4.78 is 0. The molecule has 2 aliphatic rings. The van der Waals surface area contributed by atoms with Gasteiger partial charge < -0.3 is 5.11 Å². The normalized spacial score (nSPS) is 24.9. The smallest absolute Gasteiger partial charge is 0.0446 e. The number of hydrogen-bond donors (Lipinski definition) is 1. The first kappa shape index (κ1) is 16.0. The molecule has 0 bridgehead atoms. The number of rotatable bonds is 5. The van der Waals surface area contributed by atoms with Gasteiger partial charge in [0.2, 0.25) is 0 Å². The molecule has 3 heteroatoms. The Balaban J connectivity index is 1.60. The highest BCUT2D eigenvalue weighted by Gasteiger charge is 2.32. The van der Waals surface area contributed by atoms with Crippen molar-refractivity contribution in [3.05, 3.63) is 35.4 Å². The molecule has 1 atom stereocenters. The Labute approximate surface area is 134 Å². The molecule has 0 aromatic heterocycles. The van der Waals surface area contributed by atoms with Crippen LogP contribution in [0.1, 0.15) is 43.2 Å². The molecule has 1 heterocycles. The van der Waals surface area contributed by atoms with Crippen molar-refractivity contribution in [3.63, 3.8) is 0 Å². The molecular formula is C19H30N2O. The van der Waals surface area contributed by atoms with Gasteiger partial charge in [0.15, 0.2) is 0 Å². The van der Waals surface area contributed by atoms with E-state index in [1.54, 1.807) is 0 Å². The van der Waals surface area contributed by atoms with Gasteiger partial charge in [-0.15, -0.1) is 0 Å². The quantitative estimate of drug-likeness (QED) is 0.906. The number of nitrogens with zero attached hydrogens (tertiary/aromatic N) is 2. The molecule has 0 amide bonds. The van der Waals surface area contributed by atoms with Crippen LogP contribution < -0.4 is 0 Å². The van der Waals surface area contributed by atoms with Gasteiger partial charge in [-0.25, -0.2) is 0 Å². The fourth-order valence-corrected chi connectivity index (χ4v) is 4.15. The van der Waals surface area contributed by atoms with Gasteiger partial charge in [0, 0.05) is 44.9 Å². The Morgan fingerprint density at radius 3 is 2.50 bits per heavy atom. The van der Waals surface area contributed by atoms with Crippen molar-refractivity contribution in [1.82, 2.24) is 9.80 Å². The summed E-state index contributed by atoms with van der Waals surface area (Å²) in [5.41, 5.74) is 2.73. The van der Waals surface area contributed by atoms with Crippen LogP contribution in [-0.2, 0) is 6.54 Å². The van der Waals surface area contributed by atoms with E-state index in [1.807, 2.05) is 0 Å². The molecule has 22 heavy (non-hydrogen) atoms. The maximum absolute atomic E-state index is 9.44. The maximum Gasteiger partial charge on any atom is 0.0446 e. The molecule has 1 aliphatic carbocycles. The summed E-state index contributed by atoms with van der Waals surface area (Å²) in [7, 11) is 0. The number of hydrogen-bond acceptors (Lipinski definition) is 3. The fourth-order valence-electron chi connectivity index (χ4n) is 4.15. The predicted octanol–water partition coefficient (Wildman–Crippen LogP) is 2.81. The summed E-state index contributed by atoms with van der Waals surface area (Å²) >= 11 is 0. The summed E-state index contributed by atoms with van der Waals surface area (Å²) in [6.45, 7) is 6.92. The van der Waals surface area contributed by atoms with Crippen LogP contribution in [-0.4, -0.2) is 53.2 Å². The Morgan fingerprint density at radius 2 is 1.82 bits per heavy atom. The van der Waals surface area contributed by atoms with Crippen LogP contribution >= 0.6 is 0 Å². The van der Waals surface area contributed by atoms with E-state index in [0.717, 1.165) is 32.1 Å². The van der Waals surface area contributed by atoms with Crippen molar-refractivity contribution in [2.75, 3.05) is 26.2 Å². The molecule has 1 aromatic rings. The van der Waals surface area contributed by atoms with Crippen molar-refractivity contribution in [2.45, 2.75) is 57.7 Å². The lowest BCUT2D eigenvalue weighted by Crippen LogP contribution is -2.55. The van der Waals surface area contributed by atoms with Gasteiger partial charge in [0.1, 0.15) is 0 Å². The highest BCUT2D eigenvalue weighted by molar-refractivity contribution is 5.21. The molecule has 1 aliphatic heterocycles. The van der Waals surface area contributed by atoms with Gasteiger partial charge in [-0.05, 0) is 31.7 Å². The second kappa shape index (κ2) is 7.58. The van der Waals surface area contributed by atoms with Crippen LogP contribution in [0.5, 0.6) is 0 Å². The topological polar surface area (TPSA) is 26.7 Å². The summed E-state index contributed by atoms with van der Waals surface area (Å²) in [4.78, 5) is 5.27. The Morgan fingerprint density at radius 1 is 1.09 bits per heavy atom. The first-order valence-electron chi connectivity index (χ1n) is 8.91. The minimum Gasteiger partial charge on any atom is -0.396 e. The molecule has 1 saturated carbocycles. The SMILES string of the molecule is Cc1ccc(CN2CCN(C3CCCC3)[C@@H](CCO)C2)cc1. The van der Waals surface area contributed by atoms with Crippen LogP contribution in [0.15, 0.2) is 24.3 Å². The van der Waals surface area contributed by atoms with E-state index in [0.29, 0.717) is 12.6 Å². The zero-order valence-electron chi connectivity index (χ0n) is 13.9. The fraction of sp³-hybridized carbons (Fsp3) is 0.684. The lowest BCUT2D eigenvalue weighted by molar-refractivity contribution is 0.0267. The summed E-state index contributed by atoms with van der Waals surface area (Å²) in [6, 6.07) is 10.2. The van der Waals surface area contributed by atoms with E-state index < -0.39 is 0 Å². The van der Waals surface area contributed by atoms with Crippen molar-refractivity contribution in [1.29, 1.82) is 0 Å². The van der Waals surface area contributed by atoms with E-state index in [2.05, 4.69) is 41.0 Å². The largest absolute Gasteiger partial charge is 0.396 e. The summed E-state index contributed by atoms with van der Waals surface area (Å²) in [5, 5.41) is 9.44. The second-order valence-electron chi connectivity index (χ2n) is 7.06. The van der Waals surface area contributed by atoms with Gasteiger partial charge in [-0.3, -0.25) is 9.80 Å². The first-order chi connectivity index (χ1) is 10.8. The second-order valence-corrected chi connectivity index (χ2v) is 7.06. The summed E-state index contributed by atoms with van der Waals surface area (Å²) in [6.07, 6.45) is 6.42. The third kappa shape index (κ3) is 3.89. The van der Waals surface area contributed by atoms with Crippen LogP contribution in [0.4, 0.5) is 0 Å². The van der Waals surface area contributed by atoms with Gasteiger partial charge in [-0.1, -0.05) is 42.7 Å². The molecule has 2 fully saturated rings.